The molecule has 0 aromatic carbocycles. The van der Waals surface area contributed by atoms with Crippen LogP contribution in [-0.4, -0.2) is 39.3 Å². The number of hydrogen-bond donors (Lipinski definition) is 3. The maximum atomic E-state index is 13.2. The Bertz CT molecular complexity index is 510. The number of nitrogens with zero attached hydrogens (tertiary/aromatic N) is 2. The molecule has 6 nitrogen and oxygen atoms in total. The molecule has 1 aromatic rings. The molecule has 4 N–H and O–H groups in total. The average molecular weight is 359 g/mol. The summed E-state index contributed by atoms with van der Waals surface area (Å²) in [6.07, 6.45) is -2.05. The summed E-state index contributed by atoms with van der Waals surface area (Å²) in [4.78, 5) is 15.2. The molecule has 2 atom stereocenters. The van der Waals surface area contributed by atoms with Crippen LogP contribution in [0.1, 0.15) is 32.0 Å². The van der Waals surface area contributed by atoms with E-state index in [4.69, 9.17) is 5.73 Å². The number of aliphatic hydroxyl groups is 1. The molecule has 2 unspecified atom stereocenters. The minimum atomic E-state index is -4.91. The van der Waals surface area contributed by atoms with Crippen LogP contribution in [0.25, 0.3) is 0 Å². The monoisotopic (exact) mass is 358 g/mol. The van der Waals surface area contributed by atoms with Crippen LogP contribution in [0.2, 0.25) is 0 Å². The molecule has 1 aromatic heterocycles. The first-order valence-corrected chi connectivity index (χ1v) is 6.93. The van der Waals surface area contributed by atoms with Crippen molar-refractivity contribution in [1.82, 2.24) is 14.9 Å². The van der Waals surface area contributed by atoms with E-state index in [0.717, 1.165) is 4.57 Å². The van der Waals surface area contributed by atoms with Gasteiger partial charge in [0.1, 0.15) is 5.82 Å². The van der Waals surface area contributed by atoms with E-state index in [-0.39, 0.29) is 19.0 Å². The van der Waals surface area contributed by atoms with Gasteiger partial charge in [-0.25, -0.2) is 4.98 Å². The maximum Gasteiger partial charge on any atom is 0.424 e. The molecular weight excluding hydrogens is 337 g/mol. The quantitative estimate of drug-likeness (QED) is 0.683. The van der Waals surface area contributed by atoms with E-state index in [0.29, 0.717) is 12.8 Å². The number of rotatable bonds is 7. The Hall–Kier alpha value is -1.32. The van der Waals surface area contributed by atoms with Crippen LogP contribution >= 0.6 is 12.4 Å². The number of aryl methyl sites for hydroxylation is 1. The van der Waals surface area contributed by atoms with Gasteiger partial charge in [0, 0.05) is 32.4 Å². The topological polar surface area (TPSA) is 93.2 Å². The Morgan fingerprint density at radius 3 is 2.57 bits per heavy atom. The van der Waals surface area contributed by atoms with Crippen molar-refractivity contribution >= 4 is 18.3 Å². The summed E-state index contributed by atoms with van der Waals surface area (Å²) in [6.45, 7) is 1.48. The van der Waals surface area contributed by atoms with Crippen LogP contribution in [0.4, 0.5) is 13.2 Å². The zero-order chi connectivity index (χ0) is 17.0. The molecule has 0 radical (unpaired) electrons. The second-order valence-electron chi connectivity index (χ2n) is 5.16. The summed E-state index contributed by atoms with van der Waals surface area (Å²) in [5.41, 5.74) is 2.44. The Kier molecular flexibility index (Phi) is 8.02. The first-order valence-electron chi connectivity index (χ1n) is 6.93. The predicted octanol–water partition coefficient (Wildman–Crippen LogP) is 1.23. The molecule has 0 saturated heterocycles. The van der Waals surface area contributed by atoms with Crippen molar-refractivity contribution in [3.8, 4) is 0 Å². The lowest BCUT2D eigenvalue weighted by molar-refractivity contribution is -0.272. The number of nitrogens with two attached hydrogens (primary N) is 1. The second-order valence-corrected chi connectivity index (χ2v) is 5.16. The summed E-state index contributed by atoms with van der Waals surface area (Å²) in [6, 6.07) is -0.767. The number of amides is 1. The fourth-order valence-corrected chi connectivity index (χ4v) is 2.08. The molecule has 134 valence electrons. The lowest BCUT2D eigenvalue weighted by Crippen LogP contribution is -2.48. The first-order chi connectivity index (χ1) is 10.1. The van der Waals surface area contributed by atoms with Crippen LogP contribution in [-0.2, 0) is 17.4 Å². The van der Waals surface area contributed by atoms with Crippen molar-refractivity contribution in [3.63, 3.8) is 0 Å². The van der Waals surface area contributed by atoms with E-state index >= 15 is 0 Å². The molecule has 23 heavy (non-hydrogen) atoms. The van der Waals surface area contributed by atoms with Crippen molar-refractivity contribution in [2.24, 2.45) is 12.8 Å². The molecule has 0 aliphatic heterocycles. The smallest absolute Gasteiger partial charge is 0.374 e. The van der Waals surface area contributed by atoms with E-state index < -0.39 is 36.0 Å². The second kappa shape index (κ2) is 8.51. The van der Waals surface area contributed by atoms with E-state index in [1.54, 1.807) is 0 Å². The van der Waals surface area contributed by atoms with Gasteiger partial charge < -0.3 is 20.7 Å². The summed E-state index contributed by atoms with van der Waals surface area (Å²) in [5, 5.41) is 12.4. The van der Waals surface area contributed by atoms with Crippen molar-refractivity contribution in [1.29, 1.82) is 0 Å². The van der Waals surface area contributed by atoms with Gasteiger partial charge in [-0.2, -0.15) is 13.2 Å². The number of alkyl halides is 3. The van der Waals surface area contributed by atoms with Crippen LogP contribution in [0.3, 0.4) is 0 Å². The lowest BCUT2D eigenvalue weighted by atomic mass is 9.97. The van der Waals surface area contributed by atoms with Crippen molar-refractivity contribution in [2.45, 2.75) is 44.0 Å². The van der Waals surface area contributed by atoms with Crippen LogP contribution < -0.4 is 11.1 Å². The number of halogens is 4. The van der Waals surface area contributed by atoms with Gasteiger partial charge in [-0.15, -0.1) is 12.4 Å². The fourth-order valence-electron chi connectivity index (χ4n) is 2.08. The largest absolute Gasteiger partial charge is 0.424 e. The Balaban J connectivity index is 0.00000484. The van der Waals surface area contributed by atoms with Gasteiger partial charge in [-0.1, -0.05) is 13.3 Å². The van der Waals surface area contributed by atoms with Gasteiger partial charge in [0.25, 0.3) is 0 Å². The lowest BCUT2D eigenvalue weighted by Gasteiger charge is -2.30. The Morgan fingerprint density at radius 1 is 1.52 bits per heavy atom. The number of hydrogen-bond acceptors (Lipinski definition) is 4. The number of aromatic nitrogens is 2. The van der Waals surface area contributed by atoms with Gasteiger partial charge in [0.05, 0.1) is 6.04 Å². The van der Waals surface area contributed by atoms with E-state index in [1.165, 1.54) is 19.4 Å². The third-order valence-electron chi connectivity index (χ3n) is 3.38. The first kappa shape index (κ1) is 21.7. The molecule has 10 heteroatoms. The highest BCUT2D eigenvalue weighted by molar-refractivity contribution is 5.85. The normalized spacial score (nSPS) is 15.4. The van der Waals surface area contributed by atoms with Gasteiger partial charge in [-0.3, -0.25) is 4.79 Å². The Labute approximate surface area is 138 Å². The highest BCUT2D eigenvalue weighted by atomic mass is 35.5. The van der Waals surface area contributed by atoms with E-state index in [9.17, 15) is 23.1 Å². The SMILES string of the molecule is CCCC(N)C(=O)NCCC(O)(c1nccn1C)C(F)(F)F.Cl. The van der Waals surface area contributed by atoms with Crippen LogP contribution in [0.5, 0.6) is 0 Å². The zero-order valence-electron chi connectivity index (χ0n) is 12.9. The van der Waals surface area contributed by atoms with Crippen molar-refractivity contribution < 1.29 is 23.1 Å². The molecule has 0 spiro atoms. The highest BCUT2D eigenvalue weighted by Gasteiger charge is 2.57. The molecule has 0 aliphatic rings. The minimum Gasteiger partial charge on any atom is -0.374 e. The van der Waals surface area contributed by atoms with Gasteiger partial charge in [0.15, 0.2) is 0 Å². The molecule has 1 rings (SSSR count). The third-order valence-corrected chi connectivity index (χ3v) is 3.38. The van der Waals surface area contributed by atoms with Crippen LogP contribution in [0, 0.1) is 0 Å². The third kappa shape index (κ3) is 5.08. The summed E-state index contributed by atoms with van der Waals surface area (Å²) < 4.78 is 40.7. The summed E-state index contributed by atoms with van der Waals surface area (Å²) >= 11 is 0. The fraction of sp³-hybridized carbons (Fsp3) is 0.692. The summed E-state index contributed by atoms with van der Waals surface area (Å²) in [7, 11) is 1.36. The zero-order valence-corrected chi connectivity index (χ0v) is 13.7. The number of nitrogens with one attached hydrogen (secondary N) is 1. The van der Waals surface area contributed by atoms with Crippen molar-refractivity contribution in [3.05, 3.63) is 18.2 Å². The van der Waals surface area contributed by atoms with E-state index in [1.807, 2.05) is 6.92 Å². The molecular formula is C13H22ClF3N4O2. The van der Waals surface area contributed by atoms with Crippen molar-refractivity contribution in [2.75, 3.05) is 6.54 Å². The van der Waals surface area contributed by atoms with Gasteiger partial charge >= 0.3 is 6.18 Å². The number of carbonyl (C=O) groups is 1. The number of carbonyl (C=O) groups excluding carboxylic acids is 1. The predicted molar refractivity (Wildman–Crippen MR) is 80.9 cm³/mol. The molecule has 1 amide bonds. The summed E-state index contributed by atoms with van der Waals surface area (Å²) in [5.74, 6) is -1.06. The highest BCUT2D eigenvalue weighted by Crippen LogP contribution is 2.40. The number of imidazole rings is 1. The van der Waals surface area contributed by atoms with Crippen LogP contribution in [0.15, 0.2) is 12.4 Å². The molecule has 0 aliphatic carbocycles. The maximum absolute atomic E-state index is 13.2. The van der Waals surface area contributed by atoms with Gasteiger partial charge in [0.2, 0.25) is 11.5 Å². The molecule has 0 bridgehead atoms. The standard InChI is InChI=1S/C13H21F3N4O2.ClH/c1-3-4-9(17)10(21)18-6-5-12(22,13(14,15)16)11-19-7-8-20(11)2;/h7-9,22H,3-6,17H2,1-2H3,(H,18,21);1H. The molecule has 1 heterocycles. The van der Waals surface area contributed by atoms with E-state index in [2.05, 4.69) is 10.3 Å². The molecule has 0 saturated carbocycles. The van der Waals surface area contributed by atoms with Gasteiger partial charge in [-0.05, 0) is 6.42 Å². The Morgan fingerprint density at radius 2 is 2.13 bits per heavy atom. The molecule has 0 fully saturated rings. The minimum absolute atomic E-state index is 0. The average Bonchev–Trinajstić information content (AvgIpc) is 2.84.